The Morgan fingerprint density at radius 3 is 2.76 bits per heavy atom. The summed E-state index contributed by atoms with van der Waals surface area (Å²) in [6, 6.07) is 4.69. The monoisotopic (exact) mass is 341 g/mol. The molecule has 0 unspecified atom stereocenters. The number of nitrogens with zero attached hydrogens (tertiary/aromatic N) is 2. The summed E-state index contributed by atoms with van der Waals surface area (Å²) >= 11 is 0. The van der Waals surface area contributed by atoms with E-state index in [9.17, 15) is 10.1 Å². The van der Waals surface area contributed by atoms with Crippen molar-refractivity contribution in [1.29, 1.82) is 5.26 Å². The molecule has 1 aromatic rings. The standard InChI is InChI=1S/C20H27N3O2/c1-14-10-16(15(2)23(14)18-6-3-4-7-18)11-17(12-21)20(24)22-13-19-8-5-9-25-19/h10-11,18-19H,3-9,13H2,1-2H3,(H,22,24)/b17-11+/t19-/m1/s1. The van der Waals surface area contributed by atoms with Crippen LogP contribution in [0, 0.1) is 25.2 Å². The first-order chi connectivity index (χ1) is 12.1. The van der Waals surface area contributed by atoms with Gasteiger partial charge in [0.25, 0.3) is 5.91 Å². The third kappa shape index (κ3) is 3.96. The van der Waals surface area contributed by atoms with E-state index in [1.165, 1.54) is 31.4 Å². The molecule has 1 N–H and O–H groups in total. The third-order valence-corrected chi connectivity index (χ3v) is 5.39. The van der Waals surface area contributed by atoms with Gasteiger partial charge in [0, 0.05) is 30.6 Å². The molecule has 0 bridgehead atoms. The van der Waals surface area contributed by atoms with E-state index in [4.69, 9.17) is 4.74 Å². The fourth-order valence-corrected chi connectivity index (χ4v) is 4.08. The number of aromatic nitrogens is 1. The molecule has 1 aromatic heterocycles. The molecule has 2 fully saturated rings. The van der Waals surface area contributed by atoms with Gasteiger partial charge in [-0.1, -0.05) is 12.8 Å². The summed E-state index contributed by atoms with van der Waals surface area (Å²) in [6.07, 6.45) is 8.79. The van der Waals surface area contributed by atoms with Crippen LogP contribution in [-0.4, -0.2) is 29.7 Å². The van der Waals surface area contributed by atoms with Gasteiger partial charge < -0.3 is 14.6 Å². The van der Waals surface area contributed by atoms with Gasteiger partial charge in [0.2, 0.25) is 0 Å². The fraction of sp³-hybridized carbons (Fsp3) is 0.600. The van der Waals surface area contributed by atoms with Crippen LogP contribution in [0.5, 0.6) is 0 Å². The first-order valence-corrected chi connectivity index (χ1v) is 9.30. The van der Waals surface area contributed by atoms with Gasteiger partial charge in [-0.3, -0.25) is 4.79 Å². The zero-order chi connectivity index (χ0) is 17.8. The van der Waals surface area contributed by atoms with Crippen LogP contribution in [-0.2, 0) is 9.53 Å². The van der Waals surface area contributed by atoms with Gasteiger partial charge in [-0.2, -0.15) is 5.26 Å². The maximum Gasteiger partial charge on any atom is 0.262 e. The van der Waals surface area contributed by atoms with Gasteiger partial charge in [-0.15, -0.1) is 0 Å². The minimum absolute atomic E-state index is 0.0799. The smallest absolute Gasteiger partial charge is 0.262 e. The average Bonchev–Trinajstić information content (AvgIpc) is 3.33. The lowest BCUT2D eigenvalue weighted by Gasteiger charge is -2.17. The molecule has 2 heterocycles. The van der Waals surface area contributed by atoms with Crippen LogP contribution in [0.25, 0.3) is 6.08 Å². The Balaban J connectivity index is 1.74. The van der Waals surface area contributed by atoms with E-state index in [2.05, 4.69) is 35.9 Å². The second kappa shape index (κ2) is 7.88. The van der Waals surface area contributed by atoms with E-state index < -0.39 is 0 Å². The van der Waals surface area contributed by atoms with E-state index >= 15 is 0 Å². The summed E-state index contributed by atoms with van der Waals surface area (Å²) in [5, 5.41) is 12.2. The van der Waals surface area contributed by atoms with Crippen molar-refractivity contribution >= 4 is 12.0 Å². The van der Waals surface area contributed by atoms with Crippen LogP contribution in [0.3, 0.4) is 0 Å². The van der Waals surface area contributed by atoms with Crippen molar-refractivity contribution in [3.05, 3.63) is 28.6 Å². The molecule has 1 amide bonds. The summed E-state index contributed by atoms with van der Waals surface area (Å²) in [7, 11) is 0. The number of ether oxygens (including phenoxy) is 1. The van der Waals surface area contributed by atoms with E-state index in [-0.39, 0.29) is 17.6 Å². The zero-order valence-electron chi connectivity index (χ0n) is 15.2. The number of amides is 1. The van der Waals surface area contributed by atoms with Crippen molar-refractivity contribution in [3.63, 3.8) is 0 Å². The van der Waals surface area contributed by atoms with Crippen LogP contribution >= 0.6 is 0 Å². The first-order valence-electron chi connectivity index (χ1n) is 9.30. The Labute approximate surface area is 149 Å². The Bertz CT molecular complexity index is 699. The predicted molar refractivity (Wildman–Crippen MR) is 97.0 cm³/mol. The summed E-state index contributed by atoms with van der Waals surface area (Å²) < 4.78 is 7.88. The highest BCUT2D eigenvalue weighted by atomic mass is 16.5. The van der Waals surface area contributed by atoms with Crippen LogP contribution in [0.2, 0.25) is 0 Å². The summed E-state index contributed by atoms with van der Waals surface area (Å²) in [6.45, 7) is 5.41. The molecular weight excluding hydrogens is 314 g/mol. The highest BCUT2D eigenvalue weighted by Crippen LogP contribution is 2.33. The largest absolute Gasteiger partial charge is 0.376 e. The molecule has 1 saturated carbocycles. The summed E-state index contributed by atoms with van der Waals surface area (Å²) in [4.78, 5) is 12.3. The lowest BCUT2D eigenvalue weighted by molar-refractivity contribution is -0.117. The Morgan fingerprint density at radius 2 is 2.12 bits per heavy atom. The molecule has 1 aliphatic carbocycles. The number of hydrogen-bond acceptors (Lipinski definition) is 3. The molecule has 1 saturated heterocycles. The fourth-order valence-electron chi connectivity index (χ4n) is 4.08. The van der Waals surface area contributed by atoms with Crippen LogP contribution in [0.15, 0.2) is 11.6 Å². The maximum absolute atomic E-state index is 12.3. The highest BCUT2D eigenvalue weighted by molar-refractivity contribution is 6.01. The molecule has 0 spiro atoms. The number of rotatable bonds is 5. The molecule has 0 radical (unpaired) electrons. The summed E-state index contributed by atoms with van der Waals surface area (Å²) in [5.41, 5.74) is 3.47. The van der Waals surface area contributed by atoms with Gasteiger partial charge in [-0.05, 0) is 57.2 Å². The first kappa shape index (κ1) is 17.8. The normalized spacial score (nSPS) is 21.5. The molecule has 134 valence electrons. The molecule has 0 aromatic carbocycles. The molecule has 1 aliphatic heterocycles. The quantitative estimate of drug-likeness (QED) is 0.659. The molecule has 3 rings (SSSR count). The van der Waals surface area contributed by atoms with Gasteiger partial charge in [0.05, 0.1) is 6.10 Å². The molecule has 1 atom stereocenters. The Morgan fingerprint density at radius 1 is 1.36 bits per heavy atom. The van der Waals surface area contributed by atoms with Gasteiger partial charge >= 0.3 is 0 Å². The molecular formula is C20H27N3O2. The predicted octanol–water partition coefficient (Wildman–Crippen LogP) is 3.42. The van der Waals surface area contributed by atoms with Crippen LogP contribution in [0.4, 0.5) is 0 Å². The minimum Gasteiger partial charge on any atom is -0.376 e. The Hall–Kier alpha value is -2.06. The molecule has 2 aliphatic rings. The van der Waals surface area contributed by atoms with Crippen molar-refractivity contribution in [2.24, 2.45) is 0 Å². The van der Waals surface area contributed by atoms with Crippen molar-refractivity contribution in [3.8, 4) is 6.07 Å². The SMILES string of the molecule is Cc1cc(/C=C(\C#N)C(=O)NC[C@H]2CCCO2)c(C)n1C1CCCC1. The number of nitrogens with one attached hydrogen (secondary N) is 1. The van der Waals surface area contributed by atoms with Crippen molar-refractivity contribution in [1.82, 2.24) is 9.88 Å². The lowest BCUT2D eigenvalue weighted by atomic mass is 10.1. The van der Waals surface area contributed by atoms with Crippen molar-refractivity contribution < 1.29 is 9.53 Å². The second-order valence-electron chi connectivity index (χ2n) is 7.15. The van der Waals surface area contributed by atoms with Crippen molar-refractivity contribution in [2.45, 2.75) is 64.5 Å². The zero-order valence-corrected chi connectivity index (χ0v) is 15.2. The van der Waals surface area contributed by atoms with Gasteiger partial charge in [0.1, 0.15) is 11.6 Å². The third-order valence-electron chi connectivity index (χ3n) is 5.39. The number of carbonyl (C=O) groups is 1. The Kier molecular flexibility index (Phi) is 5.60. The van der Waals surface area contributed by atoms with Gasteiger partial charge in [-0.25, -0.2) is 0 Å². The topological polar surface area (TPSA) is 67.1 Å². The summed E-state index contributed by atoms with van der Waals surface area (Å²) in [5.74, 6) is -0.316. The van der Waals surface area contributed by atoms with Gasteiger partial charge in [0.15, 0.2) is 0 Å². The van der Waals surface area contributed by atoms with Crippen LogP contribution < -0.4 is 5.32 Å². The van der Waals surface area contributed by atoms with E-state index in [1.807, 2.05) is 0 Å². The highest BCUT2D eigenvalue weighted by Gasteiger charge is 2.22. The second-order valence-corrected chi connectivity index (χ2v) is 7.15. The average molecular weight is 341 g/mol. The number of aryl methyl sites for hydroxylation is 1. The van der Waals surface area contributed by atoms with E-state index in [1.54, 1.807) is 6.08 Å². The number of nitriles is 1. The van der Waals surface area contributed by atoms with Crippen molar-refractivity contribution in [2.75, 3.05) is 13.2 Å². The van der Waals surface area contributed by atoms with E-state index in [0.717, 1.165) is 30.7 Å². The van der Waals surface area contributed by atoms with Crippen LogP contribution in [0.1, 0.15) is 61.5 Å². The molecule has 5 heteroatoms. The molecule has 25 heavy (non-hydrogen) atoms. The lowest BCUT2D eigenvalue weighted by Crippen LogP contribution is -2.32. The number of carbonyl (C=O) groups excluding carboxylic acids is 1. The van der Waals surface area contributed by atoms with E-state index in [0.29, 0.717) is 12.6 Å². The number of hydrogen-bond donors (Lipinski definition) is 1. The molecule has 5 nitrogen and oxygen atoms in total. The minimum atomic E-state index is -0.316. The maximum atomic E-state index is 12.3.